The molecule has 2 rings (SSSR count). The number of nitrogens with zero attached hydrogens (tertiary/aromatic N) is 2. The van der Waals surface area contributed by atoms with Crippen LogP contribution in [0.25, 0.3) is 10.8 Å². The van der Waals surface area contributed by atoms with E-state index in [1.165, 1.54) is 24.8 Å². The second kappa shape index (κ2) is 28.9. The third-order valence-electron chi connectivity index (χ3n) is 6.93. The van der Waals surface area contributed by atoms with Crippen molar-refractivity contribution in [3.05, 3.63) is 79.0 Å². The largest absolute Gasteiger partial charge is 0.384 e. The van der Waals surface area contributed by atoms with E-state index in [0.29, 0.717) is 52.3 Å². The summed E-state index contributed by atoms with van der Waals surface area (Å²) in [7, 11) is 1.53. The number of benzene rings is 2. The molecule has 10 heteroatoms. The van der Waals surface area contributed by atoms with Gasteiger partial charge in [0.25, 0.3) is 17.7 Å². The number of fused-ring (bicyclic) bond motifs is 1. The molecular weight excluding hydrogens is 656 g/mol. The molecule has 0 fully saturated rings. The summed E-state index contributed by atoms with van der Waals surface area (Å²) in [6, 6.07) is 8.67. The zero-order valence-corrected chi connectivity index (χ0v) is 34.4. The fraction of sp³-hybridized carbons (Fsp3) is 0.500. The lowest BCUT2D eigenvalue weighted by Gasteiger charge is -2.30. The highest BCUT2D eigenvalue weighted by Crippen LogP contribution is 2.30. The normalized spacial score (nSPS) is 10.0. The van der Waals surface area contributed by atoms with Crippen molar-refractivity contribution < 1.29 is 28.8 Å². The Morgan fingerprint density at radius 2 is 1.52 bits per heavy atom. The number of allylic oxidation sites excluding steroid dienone is 2. The van der Waals surface area contributed by atoms with Crippen LogP contribution in [0.15, 0.2) is 67.9 Å². The van der Waals surface area contributed by atoms with Crippen LogP contribution >= 0.6 is 0 Å². The molecule has 0 aromatic heterocycles. The Kier molecular flexibility index (Phi) is 28.7. The van der Waals surface area contributed by atoms with Gasteiger partial charge in [0.05, 0.1) is 5.41 Å². The van der Waals surface area contributed by atoms with Crippen molar-refractivity contribution in [2.75, 3.05) is 32.0 Å². The second-order valence-electron chi connectivity index (χ2n) is 12.0. The topological polar surface area (TPSA) is 125 Å². The predicted octanol–water partition coefficient (Wildman–Crippen LogP) is 9.38. The van der Waals surface area contributed by atoms with Crippen LogP contribution in [0.3, 0.4) is 0 Å². The molecule has 292 valence electrons. The Morgan fingerprint density at radius 3 is 2.00 bits per heavy atom. The fourth-order valence-corrected chi connectivity index (χ4v) is 4.23. The molecule has 0 aliphatic heterocycles. The second-order valence-corrected chi connectivity index (χ2v) is 12.0. The van der Waals surface area contributed by atoms with Gasteiger partial charge in [-0.1, -0.05) is 99.9 Å². The number of nitrogens with one attached hydrogen (secondary N) is 2. The molecular formula is C42H68N4O6. The molecule has 2 aromatic rings. The molecule has 52 heavy (non-hydrogen) atoms. The number of hydrogen-bond acceptors (Lipinski definition) is 8. The maximum Gasteiger partial charge on any atom is 0.340 e. The summed E-state index contributed by atoms with van der Waals surface area (Å²) in [5.41, 5.74) is 0.944. The lowest BCUT2D eigenvalue weighted by Crippen LogP contribution is -2.45. The summed E-state index contributed by atoms with van der Waals surface area (Å²) in [6.45, 7) is 33.4. The third-order valence-corrected chi connectivity index (χ3v) is 6.93. The number of unbranched alkanes of at least 4 members (excludes halogenated alkanes) is 1. The Labute approximate surface area is 314 Å². The number of imide groups is 1. The summed E-state index contributed by atoms with van der Waals surface area (Å²) in [6.07, 6.45) is 7.32. The lowest BCUT2D eigenvalue weighted by molar-refractivity contribution is -0.208. The zero-order valence-electron chi connectivity index (χ0n) is 34.4. The van der Waals surface area contributed by atoms with Crippen molar-refractivity contribution in [1.82, 2.24) is 15.3 Å². The summed E-state index contributed by atoms with van der Waals surface area (Å²) in [5, 5.41) is 8.23. The van der Waals surface area contributed by atoms with Crippen LogP contribution in [0.1, 0.15) is 123 Å². The summed E-state index contributed by atoms with van der Waals surface area (Å²) in [4.78, 5) is 68.9. The molecule has 0 aliphatic carbocycles. The molecule has 0 saturated carbocycles. The van der Waals surface area contributed by atoms with Gasteiger partial charge in [-0.05, 0) is 44.0 Å². The van der Waals surface area contributed by atoms with Crippen LogP contribution in [0, 0.1) is 11.3 Å². The number of carbonyl (C=O) groups is 5. The Bertz CT molecular complexity index is 1430. The van der Waals surface area contributed by atoms with E-state index in [2.05, 4.69) is 64.1 Å². The van der Waals surface area contributed by atoms with Crippen LogP contribution < -0.4 is 10.6 Å². The maximum atomic E-state index is 13.7. The number of aldehydes is 1. The number of carbonyl (C=O) groups excluding carboxylic acids is 5. The Hall–Kier alpha value is -4.73. The summed E-state index contributed by atoms with van der Waals surface area (Å²) < 4.78 is 0. The van der Waals surface area contributed by atoms with Crippen LogP contribution in [0.4, 0.5) is 5.69 Å². The Morgan fingerprint density at radius 1 is 0.942 bits per heavy atom. The number of hydrogen-bond donors (Lipinski definition) is 2. The monoisotopic (exact) mass is 725 g/mol. The summed E-state index contributed by atoms with van der Waals surface area (Å²) >= 11 is 0. The average molecular weight is 725 g/mol. The Balaban J connectivity index is -0.00000217. The standard InChI is InChI=1S/C32H42N4O6.C4H10.2C2H6.C2H4/c1-9-28(39)36(23(5)38)42-31(41)32(6,7)20-35(8)30(40)26-12-10-11-25-27(16-15-24(19-37)29(25)26)34-18-17-33-22(4)14-13-21(2)3;1-3-4-2;3*1-2/h10-16,19,21,33-34H,4,9,17-18,20H2,1-3,5-8H3;3-4H2,1-2H3;2*1-2H3;1-2H2/b14-13-;;;;. The molecule has 10 nitrogen and oxygen atoms in total. The van der Waals surface area contributed by atoms with Crippen LogP contribution in [0.2, 0.25) is 0 Å². The first-order valence-corrected chi connectivity index (χ1v) is 18.3. The van der Waals surface area contributed by atoms with Gasteiger partial charge in [0.15, 0.2) is 6.29 Å². The predicted molar refractivity (Wildman–Crippen MR) is 218 cm³/mol. The molecule has 2 N–H and O–H groups in total. The van der Waals surface area contributed by atoms with Crippen LogP contribution in [-0.2, 0) is 19.2 Å². The molecule has 0 atom stereocenters. The van der Waals surface area contributed by atoms with Crippen LogP contribution in [0.5, 0.6) is 0 Å². The van der Waals surface area contributed by atoms with Gasteiger partial charge in [-0.25, -0.2) is 4.79 Å². The zero-order chi connectivity index (χ0) is 41.0. The number of hydroxylamine groups is 2. The summed E-state index contributed by atoms with van der Waals surface area (Å²) in [5.74, 6) is -2.20. The first-order chi connectivity index (χ1) is 24.6. The highest BCUT2D eigenvalue weighted by atomic mass is 16.7. The molecule has 0 spiro atoms. The van der Waals surface area contributed by atoms with Gasteiger partial charge in [0.1, 0.15) is 0 Å². The minimum atomic E-state index is -1.27. The van der Waals surface area contributed by atoms with E-state index in [4.69, 9.17) is 4.84 Å². The molecule has 0 unspecified atom stereocenters. The number of anilines is 1. The molecule has 3 amide bonds. The van der Waals surface area contributed by atoms with E-state index in [-0.39, 0.29) is 13.0 Å². The van der Waals surface area contributed by atoms with E-state index in [1.54, 1.807) is 45.0 Å². The first kappa shape index (κ1) is 51.6. The minimum Gasteiger partial charge on any atom is -0.384 e. The van der Waals surface area contributed by atoms with Crippen molar-refractivity contribution in [1.29, 1.82) is 0 Å². The quantitative estimate of drug-likeness (QED) is 0.0649. The molecule has 2 aromatic carbocycles. The van der Waals surface area contributed by atoms with Crippen molar-refractivity contribution >= 4 is 46.4 Å². The first-order valence-electron chi connectivity index (χ1n) is 18.3. The fourth-order valence-electron chi connectivity index (χ4n) is 4.23. The van der Waals surface area contributed by atoms with Gasteiger partial charge in [0.2, 0.25) is 0 Å². The average Bonchev–Trinajstić information content (AvgIpc) is 3.15. The van der Waals surface area contributed by atoms with E-state index in [1.807, 2.05) is 39.8 Å². The molecule has 0 saturated heterocycles. The van der Waals surface area contributed by atoms with E-state index in [9.17, 15) is 24.0 Å². The lowest BCUT2D eigenvalue weighted by atomic mass is 9.92. The molecule has 0 aliphatic rings. The van der Waals surface area contributed by atoms with E-state index in [0.717, 1.165) is 18.3 Å². The molecule has 0 bridgehead atoms. The minimum absolute atomic E-state index is 0.0237. The smallest absolute Gasteiger partial charge is 0.340 e. The van der Waals surface area contributed by atoms with Gasteiger partial charge < -0.3 is 20.4 Å². The SMILES string of the molecule is C=C.C=C(/C=C\C(C)C)NCCNc1ccc(C=O)c2c(C(=O)N(C)CC(C)(C)C(=O)ON(C(C)=O)C(=O)CC)cccc12.CC.CC.CCCC. The van der Waals surface area contributed by atoms with Crippen molar-refractivity contribution in [2.45, 2.75) is 102 Å². The third kappa shape index (κ3) is 18.0. The van der Waals surface area contributed by atoms with E-state index < -0.39 is 29.1 Å². The van der Waals surface area contributed by atoms with Crippen molar-refractivity contribution in [3.63, 3.8) is 0 Å². The van der Waals surface area contributed by atoms with Crippen molar-refractivity contribution in [3.8, 4) is 0 Å². The number of amides is 3. The van der Waals surface area contributed by atoms with Gasteiger partial charge in [0, 0.05) is 73.3 Å². The van der Waals surface area contributed by atoms with Gasteiger partial charge in [-0.3, -0.25) is 19.2 Å². The highest BCUT2D eigenvalue weighted by Gasteiger charge is 2.36. The van der Waals surface area contributed by atoms with Crippen molar-refractivity contribution in [2.24, 2.45) is 11.3 Å². The van der Waals surface area contributed by atoms with E-state index >= 15 is 0 Å². The molecule has 0 heterocycles. The van der Waals surface area contributed by atoms with Gasteiger partial charge in [-0.2, -0.15) is 0 Å². The maximum absolute atomic E-state index is 13.7. The van der Waals surface area contributed by atoms with Gasteiger partial charge >= 0.3 is 5.97 Å². The number of rotatable bonds is 14. The van der Waals surface area contributed by atoms with Gasteiger partial charge in [-0.15, -0.1) is 18.2 Å². The van der Waals surface area contributed by atoms with Crippen LogP contribution in [-0.4, -0.2) is 66.6 Å². The molecule has 0 radical (unpaired) electrons. The highest BCUT2D eigenvalue weighted by molar-refractivity contribution is 6.15.